The van der Waals surface area contributed by atoms with Crippen LogP contribution in [0, 0.1) is 0 Å². The second-order valence-electron chi connectivity index (χ2n) is 4.28. The second kappa shape index (κ2) is 3.37. The molecule has 1 fully saturated rings. The Morgan fingerprint density at radius 2 is 2.29 bits per heavy atom. The first kappa shape index (κ1) is 9.68. The Balaban J connectivity index is 2.22. The lowest BCUT2D eigenvalue weighted by molar-refractivity contribution is -0.0278. The van der Waals surface area contributed by atoms with Crippen LogP contribution >= 0.6 is 0 Å². The third-order valence-electron chi connectivity index (χ3n) is 2.90. The van der Waals surface area contributed by atoms with Crippen molar-refractivity contribution >= 4 is 0 Å². The van der Waals surface area contributed by atoms with Crippen molar-refractivity contribution in [2.24, 2.45) is 7.05 Å². The van der Waals surface area contributed by atoms with Gasteiger partial charge in [-0.3, -0.25) is 4.68 Å². The van der Waals surface area contributed by atoms with Crippen molar-refractivity contribution in [1.82, 2.24) is 14.7 Å². The van der Waals surface area contributed by atoms with Crippen LogP contribution in [0.15, 0.2) is 12.4 Å². The van der Waals surface area contributed by atoms with Crippen LogP contribution in [-0.4, -0.2) is 39.9 Å². The Kier molecular flexibility index (Phi) is 2.33. The highest BCUT2D eigenvalue weighted by Crippen LogP contribution is 2.30. The van der Waals surface area contributed by atoms with E-state index in [9.17, 15) is 5.11 Å². The lowest BCUT2D eigenvalue weighted by atomic mass is 9.88. The summed E-state index contributed by atoms with van der Waals surface area (Å²) in [6.07, 6.45) is 5.54. The first-order valence-electron chi connectivity index (χ1n) is 5.00. The van der Waals surface area contributed by atoms with Crippen LogP contribution in [-0.2, 0) is 12.6 Å². The number of β-amino-alcohol motifs (C(OH)–C–C–N with tert-alkyl or cyclic N) is 1. The van der Waals surface area contributed by atoms with Gasteiger partial charge in [0.2, 0.25) is 0 Å². The van der Waals surface area contributed by atoms with Crippen LogP contribution in [0.2, 0.25) is 0 Å². The van der Waals surface area contributed by atoms with Crippen molar-refractivity contribution in [2.45, 2.75) is 18.4 Å². The average molecular weight is 195 g/mol. The summed E-state index contributed by atoms with van der Waals surface area (Å²) < 4.78 is 1.74. The van der Waals surface area contributed by atoms with Crippen molar-refractivity contribution < 1.29 is 5.11 Å². The zero-order chi connectivity index (χ0) is 10.2. The Morgan fingerprint density at radius 1 is 1.50 bits per heavy atom. The molecule has 4 nitrogen and oxygen atoms in total. The third kappa shape index (κ3) is 1.67. The van der Waals surface area contributed by atoms with E-state index in [0.717, 1.165) is 24.9 Å². The number of rotatable bonds is 1. The summed E-state index contributed by atoms with van der Waals surface area (Å²) in [6, 6.07) is 0. The zero-order valence-electron chi connectivity index (χ0n) is 8.77. The summed E-state index contributed by atoms with van der Waals surface area (Å²) in [7, 11) is 3.92. The maximum absolute atomic E-state index is 10.4. The molecule has 0 aromatic carbocycles. The minimum Gasteiger partial charge on any atom is -0.384 e. The van der Waals surface area contributed by atoms with Crippen LogP contribution in [0.3, 0.4) is 0 Å². The Hall–Kier alpha value is -0.870. The molecular weight excluding hydrogens is 178 g/mol. The Labute approximate surface area is 84.1 Å². The SMILES string of the molecule is CN1CCCC(O)(c2cnn(C)c2)C1. The molecule has 2 heterocycles. The molecule has 0 amide bonds. The van der Waals surface area contributed by atoms with Crippen molar-refractivity contribution in [3.63, 3.8) is 0 Å². The fraction of sp³-hybridized carbons (Fsp3) is 0.700. The number of likely N-dealkylation sites (N-methyl/N-ethyl adjacent to an activating group) is 1. The standard InChI is InChI=1S/C10H17N3O/c1-12-5-3-4-10(14,8-12)9-6-11-13(2)7-9/h6-7,14H,3-5,8H2,1-2H3. The molecule has 1 aromatic rings. The molecule has 2 rings (SSSR count). The monoisotopic (exact) mass is 195 g/mol. The van der Waals surface area contributed by atoms with Gasteiger partial charge in [-0.15, -0.1) is 0 Å². The summed E-state index contributed by atoms with van der Waals surface area (Å²) in [6.45, 7) is 1.78. The first-order chi connectivity index (χ1) is 6.60. The first-order valence-corrected chi connectivity index (χ1v) is 5.00. The highest BCUT2D eigenvalue weighted by molar-refractivity contribution is 5.16. The van der Waals surface area contributed by atoms with E-state index in [-0.39, 0.29) is 0 Å². The van der Waals surface area contributed by atoms with Crippen LogP contribution < -0.4 is 0 Å². The lowest BCUT2D eigenvalue weighted by Crippen LogP contribution is -2.44. The molecular formula is C10H17N3O. The third-order valence-corrected chi connectivity index (χ3v) is 2.90. The lowest BCUT2D eigenvalue weighted by Gasteiger charge is -2.36. The van der Waals surface area contributed by atoms with Crippen molar-refractivity contribution in [2.75, 3.05) is 20.1 Å². The molecule has 1 unspecified atom stereocenters. The molecule has 0 aliphatic carbocycles. The van der Waals surface area contributed by atoms with Crippen LogP contribution in [0.25, 0.3) is 0 Å². The van der Waals surface area contributed by atoms with Gasteiger partial charge in [-0.2, -0.15) is 5.10 Å². The quantitative estimate of drug-likeness (QED) is 0.702. The van der Waals surface area contributed by atoms with Crippen LogP contribution in [0.4, 0.5) is 0 Å². The van der Waals surface area contributed by atoms with E-state index in [4.69, 9.17) is 0 Å². The van der Waals surface area contributed by atoms with E-state index in [1.165, 1.54) is 0 Å². The van der Waals surface area contributed by atoms with E-state index in [1.807, 2.05) is 20.3 Å². The number of aliphatic hydroxyl groups is 1. The van der Waals surface area contributed by atoms with Gasteiger partial charge in [0, 0.05) is 25.4 Å². The molecule has 0 spiro atoms. The van der Waals surface area contributed by atoms with Crippen molar-refractivity contribution in [1.29, 1.82) is 0 Å². The van der Waals surface area contributed by atoms with Gasteiger partial charge in [0.25, 0.3) is 0 Å². The van der Waals surface area contributed by atoms with Gasteiger partial charge >= 0.3 is 0 Å². The molecule has 1 N–H and O–H groups in total. The molecule has 1 aliphatic heterocycles. The predicted octanol–water partition coefficient (Wildman–Crippen LogP) is 0.333. The maximum atomic E-state index is 10.4. The molecule has 1 atom stereocenters. The number of hydrogen-bond acceptors (Lipinski definition) is 3. The van der Waals surface area contributed by atoms with Gasteiger partial charge < -0.3 is 10.0 Å². The van der Waals surface area contributed by atoms with E-state index in [0.29, 0.717) is 6.54 Å². The summed E-state index contributed by atoms with van der Waals surface area (Å²) >= 11 is 0. The zero-order valence-corrected chi connectivity index (χ0v) is 8.77. The number of nitrogens with zero attached hydrogens (tertiary/aromatic N) is 3. The van der Waals surface area contributed by atoms with E-state index in [1.54, 1.807) is 10.9 Å². The summed E-state index contributed by atoms with van der Waals surface area (Å²) in [5, 5.41) is 14.5. The van der Waals surface area contributed by atoms with E-state index < -0.39 is 5.60 Å². The average Bonchev–Trinajstić information content (AvgIpc) is 2.52. The number of piperidine rings is 1. The van der Waals surface area contributed by atoms with Gasteiger partial charge in [0.15, 0.2) is 0 Å². The Morgan fingerprint density at radius 3 is 2.86 bits per heavy atom. The van der Waals surface area contributed by atoms with Crippen LogP contribution in [0.1, 0.15) is 18.4 Å². The van der Waals surface area contributed by atoms with Crippen LogP contribution in [0.5, 0.6) is 0 Å². The van der Waals surface area contributed by atoms with Gasteiger partial charge in [-0.25, -0.2) is 0 Å². The molecule has 0 saturated carbocycles. The van der Waals surface area contributed by atoms with Crippen molar-refractivity contribution in [3.8, 4) is 0 Å². The number of hydrogen-bond donors (Lipinski definition) is 1. The normalized spacial score (nSPS) is 29.4. The molecule has 1 saturated heterocycles. The molecule has 0 bridgehead atoms. The molecule has 1 aliphatic rings. The molecule has 78 valence electrons. The topological polar surface area (TPSA) is 41.3 Å². The highest BCUT2D eigenvalue weighted by Gasteiger charge is 2.34. The largest absolute Gasteiger partial charge is 0.384 e. The Bertz CT molecular complexity index is 323. The fourth-order valence-electron chi connectivity index (χ4n) is 2.14. The fourth-order valence-corrected chi connectivity index (χ4v) is 2.14. The van der Waals surface area contributed by atoms with E-state index >= 15 is 0 Å². The summed E-state index contributed by atoms with van der Waals surface area (Å²) in [5.74, 6) is 0. The predicted molar refractivity (Wildman–Crippen MR) is 53.8 cm³/mol. The smallest absolute Gasteiger partial charge is 0.105 e. The second-order valence-corrected chi connectivity index (χ2v) is 4.28. The van der Waals surface area contributed by atoms with Gasteiger partial charge in [-0.1, -0.05) is 0 Å². The maximum Gasteiger partial charge on any atom is 0.105 e. The molecule has 1 aromatic heterocycles. The molecule has 4 heteroatoms. The molecule has 0 radical (unpaired) electrons. The van der Waals surface area contributed by atoms with Gasteiger partial charge in [-0.05, 0) is 26.4 Å². The number of aromatic nitrogens is 2. The summed E-state index contributed by atoms with van der Waals surface area (Å²) in [4.78, 5) is 2.16. The highest BCUT2D eigenvalue weighted by atomic mass is 16.3. The number of likely N-dealkylation sites (tertiary alicyclic amines) is 1. The minimum atomic E-state index is -0.693. The number of aryl methyl sites for hydroxylation is 1. The van der Waals surface area contributed by atoms with Gasteiger partial charge in [0.1, 0.15) is 5.60 Å². The summed E-state index contributed by atoms with van der Waals surface area (Å²) in [5.41, 5.74) is 0.243. The molecule has 14 heavy (non-hydrogen) atoms. The van der Waals surface area contributed by atoms with E-state index in [2.05, 4.69) is 10.00 Å². The van der Waals surface area contributed by atoms with Crippen molar-refractivity contribution in [3.05, 3.63) is 18.0 Å². The van der Waals surface area contributed by atoms with Gasteiger partial charge in [0.05, 0.1) is 6.20 Å². The minimum absolute atomic E-state index is 0.693.